The molecule has 1 aromatic rings. The summed E-state index contributed by atoms with van der Waals surface area (Å²) in [5.74, 6) is 1.45. The Morgan fingerprint density at radius 1 is 1.08 bits per heavy atom. The van der Waals surface area contributed by atoms with Gasteiger partial charge in [0.25, 0.3) is 0 Å². The van der Waals surface area contributed by atoms with Crippen LogP contribution in [0.3, 0.4) is 0 Å². The molecule has 3 rings (SSSR count). The van der Waals surface area contributed by atoms with Gasteiger partial charge in [0, 0.05) is 26.1 Å². The van der Waals surface area contributed by atoms with Gasteiger partial charge >= 0.3 is 6.03 Å². The van der Waals surface area contributed by atoms with Gasteiger partial charge in [0.15, 0.2) is 0 Å². The van der Waals surface area contributed by atoms with E-state index < -0.39 is 0 Å². The van der Waals surface area contributed by atoms with Gasteiger partial charge < -0.3 is 4.90 Å². The van der Waals surface area contributed by atoms with E-state index in [1.807, 2.05) is 7.05 Å². The molecule has 2 fully saturated rings. The molecule has 2 atom stereocenters. The fraction of sp³-hybridized carbons (Fsp3) is 0.842. The molecular weight excluding hydrogens is 332 g/mol. The molecule has 25 heavy (non-hydrogen) atoms. The second-order valence-electron chi connectivity index (χ2n) is 7.70. The van der Waals surface area contributed by atoms with Crippen LogP contribution in [0.15, 0.2) is 0 Å². The Kier molecular flexibility index (Phi) is 6.68. The number of unbranched alkanes of at least 4 members (excludes halogenated alkanes) is 3. The Bertz CT molecular complexity index is 561. The van der Waals surface area contributed by atoms with Gasteiger partial charge in [-0.2, -0.15) is 0 Å². The predicted octanol–water partition coefficient (Wildman–Crippen LogP) is 5.04. The molecule has 2 amide bonds. The number of likely N-dealkylation sites (N-methyl/N-ethyl adjacent to an activating group) is 1. The first kappa shape index (κ1) is 18.6. The summed E-state index contributed by atoms with van der Waals surface area (Å²) in [5.41, 5.74) is 0. The van der Waals surface area contributed by atoms with Crippen molar-refractivity contribution in [1.29, 1.82) is 0 Å². The Labute approximate surface area is 155 Å². The van der Waals surface area contributed by atoms with Crippen molar-refractivity contribution in [2.75, 3.05) is 25.0 Å². The number of urea groups is 1. The zero-order valence-corrected chi connectivity index (χ0v) is 16.6. The average molecular weight is 365 g/mol. The Morgan fingerprint density at radius 2 is 1.96 bits per heavy atom. The smallest absolute Gasteiger partial charge is 0.326 e. The standard InChI is InChI=1S/C19H32N4OS/c1-3-4-5-6-8-15-9-7-10-16(12-11-15)17-20-21-18(25-17)23-14-13-22(2)19(23)24/h15-16H,3-14H2,1-2H3. The molecule has 1 saturated heterocycles. The van der Waals surface area contributed by atoms with E-state index in [0.717, 1.165) is 29.1 Å². The highest BCUT2D eigenvalue weighted by Crippen LogP contribution is 2.38. The third-order valence-corrected chi connectivity index (χ3v) is 6.89. The highest BCUT2D eigenvalue weighted by atomic mass is 32.1. The number of amides is 2. The number of hydrogen-bond acceptors (Lipinski definition) is 4. The molecule has 5 nitrogen and oxygen atoms in total. The molecule has 1 aliphatic carbocycles. The molecule has 6 heteroatoms. The second-order valence-corrected chi connectivity index (χ2v) is 8.69. The number of rotatable bonds is 7. The first-order valence-electron chi connectivity index (χ1n) is 10.0. The molecule has 140 valence electrons. The van der Waals surface area contributed by atoms with Crippen LogP contribution in [0.1, 0.15) is 82.1 Å². The number of hydrogen-bond donors (Lipinski definition) is 0. The molecule has 0 spiro atoms. The maximum atomic E-state index is 12.1. The molecule has 2 aliphatic rings. The number of aromatic nitrogens is 2. The molecule has 0 radical (unpaired) electrons. The van der Waals surface area contributed by atoms with Gasteiger partial charge in [0.1, 0.15) is 5.01 Å². The Balaban J connectivity index is 1.52. The van der Waals surface area contributed by atoms with E-state index in [-0.39, 0.29) is 6.03 Å². The molecule has 1 saturated carbocycles. The van der Waals surface area contributed by atoms with Gasteiger partial charge in [-0.05, 0) is 25.2 Å². The van der Waals surface area contributed by atoms with Gasteiger partial charge in [-0.25, -0.2) is 4.79 Å². The topological polar surface area (TPSA) is 49.3 Å². The van der Waals surface area contributed by atoms with Crippen molar-refractivity contribution in [2.45, 2.75) is 77.0 Å². The summed E-state index contributed by atoms with van der Waals surface area (Å²) in [5, 5.41) is 10.7. The third-order valence-electron chi connectivity index (χ3n) is 5.78. The lowest BCUT2D eigenvalue weighted by Gasteiger charge is -2.14. The average Bonchev–Trinajstić information content (AvgIpc) is 3.13. The van der Waals surface area contributed by atoms with Crippen LogP contribution < -0.4 is 4.90 Å². The summed E-state index contributed by atoms with van der Waals surface area (Å²) in [6.45, 7) is 3.78. The zero-order chi connectivity index (χ0) is 17.6. The molecule has 1 aromatic heterocycles. The van der Waals surface area contributed by atoms with Gasteiger partial charge in [-0.1, -0.05) is 63.2 Å². The number of nitrogens with zero attached hydrogens (tertiary/aromatic N) is 4. The summed E-state index contributed by atoms with van der Waals surface area (Å²) in [6.07, 6.45) is 13.4. The first-order valence-corrected chi connectivity index (χ1v) is 10.9. The highest BCUT2D eigenvalue weighted by molar-refractivity contribution is 7.15. The fourth-order valence-electron chi connectivity index (χ4n) is 4.10. The van der Waals surface area contributed by atoms with Crippen molar-refractivity contribution in [3.8, 4) is 0 Å². The van der Waals surface area contributed by atoms with E-state index in [4.69, 9.17) is 0 Å². The van der Waals surface area contributed by atoms with Crippen molar-refractivity contribution >= 4 is 22.5 Å². The number of anilines is 1. The Morgan fingerprint density at radius 3 is 2.72 bits per heavy atom. The van der Waals surface area contributed by atoms with Crippen molar-refractivity contribution in [3.63, 3.8) is 0 Å². The van der Waals surface area contributed by atoms with Crippen LogP contribution in [0.2, 0.25) is 0 Å². The number of carbonyl (C=O) groups is 1. The molecule has 2 heterocycles. The molecule has 0 bridgehead atoms. The lowest BCUT2D eigenvalue weighted by atomic mass is 9.93. The lowest BCUT2D eigenvalue weighted by molar-refractivity contribution is 0.229. The van der Waals surface area contributed by atoms with Crippen LogP contribution in [-0.4, -0.2) is 41.3 Å². The fourth-order valence-corrected chi connectivity index (χ4v) is 5.13. The molecule has 0 aromatic carbocycles. The van der Waals surface area contributed by atoms with Gasteiger partial charge in [0.05, 0.1) is 0 Å². The zero-order valence-electron chi connectivity index (χ0n) is 15.7. The van der Waals surface area contributed by atoms with Crippen LogP contribution in [0.5, 0.6) is 0 Å². The van der Waals surface area contributed by atoms with Crippen LogP contribution in [0, 0.1) is 5.92 Å². The largest absolute Gasteiger partial charge is 0.326 e. The number of carbonyl (C=O) groups excluding carboxylic acids is 1. The van der Waals surface area contributed by atoms with Crippen LogP contribution in [0.25, 0.3) is 0 Å². The third kappa shape index (κ3) is 4.72. The molecule has 0 N–H and O–H groups in total. The maximum Gasteiger partial charge on any atom is 0.326 e. The van der Waals surface area contributed by atoms with Crippen molar-refractivity contribution in [3.05, 3.63) is 5.01 Å². The van der Waals surface area contributed by atoms with Crippen molar-refractivity contribution in [2.24, 2.45) is 5.92 Å². The second kappa shape index (κ2) is 8.97. The van der Waals surface area contributed by atoms with Gasteiger partial charge in [0.2, 0.25) is 5.13 Å². The van der Waals surface area contributed by atoms with E-state index in [0.29, 0.717) is 5.92 Å². The van der Waals surface area contributed by atoms with Crippen molar-refractivity contribution in [1.82, 2.24) is 15.1 Å². The monoisotopic (exact) mass is 364 g/mol. The van der Waals surface area contributed by atoms with E-state index in [2.05, 4.69) is 17.1 Å². The minimum atomic E-state index is 0.0516. The van der Waals surface area contributed by atoms with E-state index >= 15 is 0 Å². The summed E-state index contributed by atoms with van der Waals surface area (Å²) in [7, 11) is 1.84. The molecule has 1 aliphatic heterocycles. The predicted molar refractivity (Wildman–Crippen MR) is 103 cm³/mol. The Hall–Kier alpha value is -1.17. The summed E-state index contributed by atoms with van der Waals surface area (Å²) < 4.78 is 0. The van der Waals surface area contributed by atoms with Gasteiger partial charge in [-0.15, -0.1) is 10.2 Å². The minimum Gasteiger partial charge on any atom is -0.326 e. The van der Waals surface area contributed by atoms with Gasteiger partial charge in [-0.3, -0.25) is 4.90 Å². The molecular formula is C19H32N4OS. The van der Waals surface area contributed by atoms with E-state index in [9.17, 15) is 4.79 Å². The first-order chi connectivity index (χ1) is 12.2. The van der Waals surface area contributed by atoms with Crippen molar-refractivity contribution < 1.29 is 4.79 Å². The summed E-state index contributed by atoms with van der Waals surface area (Å²) in [6, 6.07) is 0.0516. The maximum absolute atomic E-state index is 12.1. The SMILES string of the molecule is CCCCCCC1CCCC(c2nnc(N3CCN(C)C3=O)s2)CC1. The van der Waals surface area contributed by atoms with Crippen LogP contribution in [-0.2, 0) is 0 Å². The van der Waals surface area contributed by atoms with E-state index in [1.165, 1.54) is 64.2 Å². The lowest BCUT2D eigenvalue weighted by Crippen LogP contribution is -2.29. The van der Waals surface area contributed by atoms with Crippen LogP contribution in [0.4, 0.5) is 9.93 Å². The summed E-state index contributed by atoms with van der Waals surface area (Å²) >= 11 is 1.63. The van der Waals surface area contributed by atoms with Crippen LogP contribution >= 0.6 is 11.3 Å². The minimum absolute atomic E-state index is 0.0516. The summed E-state index contributed by atoms with van der Waals surface area (Å²) in [4.78, 5) is 15.6. The van der Waals surface area contributed by atoms with E-state index in [1.54, 1.807) is 21.1 Å². The normalized spacial score (nSPS) is 24.8. The quantitative estimate of drug-likeness (QED) is 0.503. The highest BCUT2D eigenvalue weighted by Gasteiger charge is 2.30. The molecule has 2 unspecified atom stereocenters.